The molecular weight excluding hydrogens is 504 g/mol. The Hall–Kier alpha value is -3.80. The molecule has 0 spiro atoms. The van der Waals surface area contributed by atoms with Gasteiger partial charge in [-0.05, 0) is 42.9 Å². The predicted molar refractivity (Wildman–Crippen MR) is 144 cm³/mol. The fourth-order valence-electron chi connectivity index (χ4n) is 3.85. The predicted octanol–water partition coefficient (Wildman–Crippen LogP) is 2.38. The van der Waals surface area contributed by atoms with Crippen molar-refractivity contribution in [1.82, 2.24) is 10.4 Å². The minimum atomic E-state index is -1.53. The van der Waals surface area contributed by atoms with E-state index in [1.54, 1.807) is 74.5 Å². The Morgan fingerprint density at radius 3 is 2.08 bits per heavy atom. The molecule has 0 aromatic heterocycles. The summed E-state index contributed by atoms with van der Waals surface area (Å²) >= 11 is 0. The average Bonchev–Trinajstić information content (AvgIpc) is 2.92. The number of carbonyl (C=O) groups excluding carboxylic acids is 3. The number of benzene rings is 2. The highest BCUT2D eigenvalue weighted by Crippen LogP contribution is 2.18. The molecule has 6 N–H and O–H groups in total. The number of carbonyl (C=O) groups is 4. The highest BCUT2D eigenvalue weighted by atomic mass is 16.7. The maximum absolute atomic E-state index is 13.8. The van der Waals surface area contributed by atoms with Crippen LogP contribution in [0.3, 0.4) is 0 Å². The van der Waals surface area contributed by atoms with Crippen LogP contribution in [0.4, 0.5) is 4.79 Å². The number of amides is 2. The van der Waals surface area contributed by atoms with Gasteiger partial charge in [-0.1, -0.05) is 80.9 Å². The Kier molecular flexibility index (Phi) is 13.1. The number of unbranched alkanes of at least 4 members (excludes halogenated alkanes) is 1. The minimum Gasteiger partial charge on any atom is -0.480 e. The number of carboxylic acid groups (broad SMARTS) is 1. The summed E-state index contributed by atoms with van der Waals surface area (Å²) in [6, 6.07) is 13.8. The number of ether oxygens (including phenoxy) is 1. The number of aliphatic carboxylic acids is 1. The first-order valence-electron chi connectivity index (χ1n) is 12.9. The monoisotopic (exact) mass is 542 g/mol. The zero-order chi connectivity index (χ0) is 28.8. The lowest BCUT2D eigenvalue weighted by molar-refractivity contribution is -0.160. The molecule has 39 heavy (non-hydrogen) atoms. The van der Waals surface area contributed by atoms with E-state index in [2.05, 4.69) is 5.48 Å². The van der Waals surface area contributed by atoms with Crippen molar-refractivity contribution >= 4 is 23.9 Å². The van der Waals surface area contributed by atoms with Crippen LogP contribution in [0.25, 0.3) is 0 Å². The van der Waals surface area contributed by atoms with Gasteiger partial charge in [0.1, 0.15) is 24.7 Å². The molecule has 0 aliphatic rings. The average molecular weight is 543 g/mol. The van der Waals surface area contributed by atoms with Gasteiger partial charge in [0.25, 0.3) is 5.91 Å². The fourth-order valence-corrected chi connectivity index (χ4v) is 3.85. The minimum absolute atomic E-state index is 0.0116. The molecule has 0 unspecified atom stereocenters. The molecule has 2 amide bonds. The number of nitrogens with two attached hydrogens (primary N) is 2. The van der Waals surface area contributed by atoms with Crippen molar-refractivity contribution in [1.29, 1.82) is 0 Å². The third-order valence-electron chi connectivity index (χ3n) is 5.96. The zero-order valence-electron chi connectivity index (χ0n) is 22.3. The number of imide groups is 1. The summed E-state index contributed by atoms with van der Waals surface area (Å²) in [4.78, 5) is 57.4. The number of carboxylic acids is 1. The number of nitrogens with zero attached hydrogens (tertiary/aromatic N) is 1. The summed E-state index contributed by atoms with van der Waals surface area (Å²) in [5.41, 5.74) is 15.2. The van der Waals surface area contributed by atoms with Gasteiger partial charge >= 0.3 is 18.0 Å². The second-order valence-corrected chi connectivity index (χ2v) is 9.45. The van der Waals surface area contributed by atoms with E-state index in [9.17, 15) is 24.3 Å². The van der Waals surface area contributed by atoms with Crippen molar-refractivity contribution in [2.24, 2.45) is 17.4 Å². The van der Waals surface area contributed by atoms with Crippen LogP contribution < -0.4 is 16.9 Å². The molecule has 11 heteroatoms. The van der Waals surface area contributed by atoms with E-state index in [-0.39, 0.29) is 13.0 Å². The lowest BCUT2D eigenvalue weighted by Gasteiger charge is -2.32. The van der Waals surface area contributed by atoms with Crippen molar-refractivity contribution in [3.63, 3.8) is 0 Å². The summed E-state index contributed by atoms with van der Waals surface area (Å²) in [6.07, 6.45) is 0.503. The molecule has 0 heterocycles. The SMILES string of the molecule is CC(C)[C@@H](C(=O)O)N(C(=O)OCc1ccccc1)C(=O)[C@H](Cc1ccccc1)NOC(=O)[C@@H](N)CCCCN. The summed E-state index contributed by atoms with van der Waals surface area (Å²) < 4.78 is 5.35. The van der Waals surface area contributed by atoms with E-state index in [4.69, 9.17) is 21.0 Å². The van der Waals surface area contributed by atoms with E-state index in [0.29, 0.717) is 41.8 Å². The third kappa shape index (κ3) is 10.1. The summed E-state index contributed by atoms with van der Waals surface area (Å²) in [5.74, 6) is -3.75. The maximum Gasteiger partial charge on any atom is 0.417 e. The first kappa shape index (κ1) is 31.4. The highest BCUT2D eigenvalue weighted by Gasteiger charge is 2.41. The van der Waals surface area contributed by atoms with Crippen molar-refractivity contribution in [2.75, 3.05) is 6.54 Å². The van der Waals surface area contributed by atoms with E-state index >= 15 is 0 Å². The molecule has 3 atom stereocenters. The van der Waals surface area contributed by atoms with Crippen LogP contribution in [-0.4, -0.2) is 58.6 Å². The number of hydrogen-bond acceptors (Lipinski definition) is 9. The van der Waals surface area contributed by atoms with Crippen molar-refractivity contribution in [3.05, 3.63) is 71.8 Å². The molecule has 2 aromatic rings. The van der Waals surface area contributed by atoms with Crippen LogP contribution in [0.15, 0.2) is 60.7 Å². The van der Waals surface area contributed by atoms with Gasteiger partial charge in [0, 0.05) is 0 Å². The van der Waals surface area contributed by atoms with Crippen LogP contribution in [0, 0.1) is 5.92 Å². The number of nitrogens with one attached hydrogen (secondary N) is 1. The smallest absolute Gasteiger partial charge is 0.417 e. The Labute approximate surface area is 228 Å². The molecule has 212 valence electrons. The summed E-state index contributed by atoms with van der Waals surface area (Å²) in [5, 5.41) is 9.93. The molecule has 2 rings (SSSR count). The molecule has 11 nitrogen and oxygen atoms in total. The first-order valence-corrected chi connectivity index (χ1v) is 12.9. The second-order valence-electron chi connectivity index (χ2n) is 9.45. The standard InChI is InChI=1S/C28H38N4O7/c1-19(2)24(26(34)35)32(28(37)38-18-21-13-7-4-8-14-21)25(33)23(17-20-11-5-3-6-12-20)31-39-27(36)22(30)15-9-10-16-29/h3-8,11-14,19,22-24,31H,9-10,15-18,29-30H2,1-2H3,(H,34,35)/t22-,23-,24-/m0/s1. The van der Waals surface area contributed by atoms with Crippen molar-refractivity contribution in [3.8, 4) is 0 Å². The molecule has 0 aliphatic carbocycles. The highest BCUT2D eigenvalue weighted by molar-refractivity contribution is 5.99. The number of hydroxylamine groups is 1. The Balaban J connectivity index is 2.31. The molecular formula is C28H38N4O7. The third-order valence-corrected chi connectivity index (χ3v) is 5.96. The van der Waals surface area contributed by atoms with Crippen LogP contribution in [0.1, 0.15) is 44.2 Å². The Morgan fingerprint density at radius 1 is 0.949 bits per heavy atom. The largest absolute Gasteiger partial charge is 0.480 e. The van der Waals surface area contributed by atoms with Gasteiger partial charge < -0.3 is 26.1 Å². The Bertz CT molecular complexity index is 1070. The fraction of sp³-hybridized carbons (Fsp3) is 0.429. The van der Waals surface area contributed by atoms with Gasteiger partial charge in [0.05, 0.1) is 0 Å². The van der Waals surface area contributed by atoms with E-state index < -0.39 is 48.0 Å². The lowest BCUT2D eigenvalue weighted by atomic mass is 10.00. The molecule has 0 fully saturated rings. The normalized spacial score (nSPS) is 13.3. The van der Waals surface area contributed by atoms with Gasteiger partial charge in [0.2, 0.25) is 0 Å². The second kappa shape index (κ2) is 16.2. The molecule has 0 bridgehead atoms. The lowest BCUT2D eigenvalue weighted by Crippen LogP contribution is -2.58. The number of rotatable bonds is 15. The van der Waals surface area contributed by atoms with Crippen LogP contribution in [0.2, 0.25) is 0 Å². The van der Waals surface area contributed by atoms with Crippen molar-refractivity contribution < 1.29 is 33.9 Å². The maximum atomic E-state index is 13.8. The quantitative estimate of drug-likeness (QED) is 0.193. The van der Waals surface area contributed by atoms with Crippen LogP contribution in [-0.2, 0) is 37.0 Å². The molecule has 0 radical (unpaired) electrons. The first-order chi connectivity index (χ1) is 18.6. The van der Waals surface area contributed by atoms with E-state index in [1.807, 2.05) is 0 Å². The summed E-state index contributed by atoms with van der Waals surface area (Å²) in [7, 11) is 0. The zero-order valence-corrected chi connectivity index (χ0v) is 22.3. The van der Waals surface area contributed by atoms with Gasteiger partial charge in [-0.2, -0.15) is 0 Å². The van der Waals surface area contributed by atoms with Gasteiger partial charge in [0.15, 0.2) is 0 Å². The topological polar surface area (TPSA) is 174 Å². The summed E-state index contributed by atoms with van der Waals surface area (Å²) in [6.45, 7) is 3.44. The number of hydrogen-bond donors (Lipinski definition) is 4. The molecule has 0 aliphatic heterocycles. The molecule has 2 aromatic carbocycles. The van der Waals surface area contributed by atoms with E-state index in [1.165, 1.54) is 0 Å². The van der Waals surface area contributed by atoms with Crippen LogP contribution in [0.5, 0.6) is 0 Å². The molecule has 0 saturated carbocycles. The van der Waals surface area contributed by atoms with Gasteiger partial charge in [-0.3, -0.25) is 4.79 Å². The van der Waals surface area contributed by atoms with Gasteiger partial charge in [-0.15, -0.1) is 5.48 Å². The van der Waals surface area contributed by atoms with Gasteiger partial charge in [-0.25, -0.2) is 19.3 Å². The van der Waals surface area contributed by atoms with E-state index in [0.717, 1.165) is 0 Å². The Morgan fingerprint density at radius 2 is 1.54 bits per heavy atom. The van der Waals surface area contributed by atoms with Crippen LogP contribution >= 0.6 is 0 Å². The molecule has 0 saturated heterocycles. The van der Waals surface area contributed by atoms with Crippen molar-refractivity contribution in [2.45, 2.75) is 64.3 Å².